The Bertz CT molecular complexity index is 628. The van der Waals surface area contributed by atoms with Gasteiger partial charge in [0.15, 0.2) is 0 Å². The number of carbonyl (C=O) groups excluding carboxylic acids is 1. The number of amides is 1. The molecule has 1 amide bonds. The number of nitrogens with one attached hydrogen (secondary N) is 1. The Balaban J connectivity index is 2.28. The van der Waals surface area contributed by atoms with Crippen molar-refractivity contribution in [2.45, 2.75) is 0 Å². The van der Waals surface area contributed by atoms with E-state index in [4.69, 9.17) is 11.6 Å². The van der Waals surface area contributed by atoms with E-state index in [9.17, 15) is 14.3 Å². The van der Waals surface area contributed by atoms with Gasteiger partial charge in [0.05, 0.1) is 10.6 Å². The topological polar surface area (TPSA) is 49.3 Å². The minimum atomic E-state index is -0.634. The molecule has 0 unspecified atom stereocenters. The molecule has 3 nitrogen and oxygen atoms in total. The van der Waals surface area contributed by atoms with Crippen LogP contribution in [0.1, 0.15) is 10.4 Å². The molecule has 0 saturated carbocycles. The van der Waals surface area contributed by atoms with Crippen LogP contribution in [0.2, 0.25) is 5.02 Å². The average molecular weight is 345 g/mol. The molecule has 2 aromatic rings. The van der Waals surface area contributed by atoms with Gasteiger partial charge >= 0.3 is 0 Å². The predicted octanol–water partition coefficient (Wildman–Crippen LogP) is 4.20. The van der Waals surface area contributed by atoms with Crippen LogP contribution in [0.5, 0.6) is 5.75 Å². The molecular formula is C13H8BrClFNO2. The minimum absolute atomic E-state index is 0.100. The van der Waals surface area contributed by atoms with Crippen molar-refractivity contribution in [3.8, 4) is 5.75 Å². The molecule has 0 saturated heterocycles. The lowest BCUT2D eigenvalue weighted by Gasteiger charge is -2.08. The zero-order valence-corrected chi connectivity index (χ0v) is 11.8. The van der Waals surface area contributed by atoms with Gasteiger partial charge in [-0.25, -0.2) is 4.39 Å². The number of phenolic OH excluding ortho intramolecular Hbond substituents is 1. The van der Waals surface area contributed by atoms with Crippen molar-refractivity contribution in [1.29, 1.82) is 0 Å². The largest absolute Gasteiger partial charge is 0.506 e. The summed E-state index contributed by atoms with van der Waals surface area (Å²) in [5.41, 5.74) is 0.221. The van der Waals surface area contributed by atoms with Gasteiger partial charge in [0.2, 0.25) is 0 Å². The van der Waals surface area contributed by atoms with Crippen molar-refractivity contribution >= 4 is 39.1 Å². The first-order valence-electron chi connectivity index (χ1n) is 5.23. The van der Waals surface area contributed by atoms with Crippen molar-refractivity contribution in [3.63, 3.8) is 0 Å². The van der Waals surface area contributed by atoms with Crippen molar-refractivity contribution in [2.75, 3.05) is 5.32 Å². The number of halogens is 3. The number of benzene rings is 2. The second-order valence-corrected chi connectivity index (χ2v) is 4.98. The van der Waals surface area contributed by atoms with Crippen molar-refractivity contribution in [3.05, 3.63) is 57.3 Å². The fourth-order valence-electron chi connectivity index (χ4n) is 1.50. The molecule has 0 aliphatic heterocycles. The molecule has 2 aromatic carbocycles. The lowest BCUT2D eigenvalue weighted by Crippen LogP contribution is -2.14. The maximum atomic E-state index is 13.6. The first kappa shape index (κ1) is 13.8. The highest BCUT2D eigenvalue weighted by atomic mass is 79.9. The lowest BCUT2D eigenvalue weighted by atomic mass is 10.2. The van der Waals surface area contributed by atoms with Gasteiger partial charge in [-0.2, -0.15) is 0 Å². The van der Waals surface area contributed by atoms with Crippen LogP contribution in [0.25, 0.3) is 0 Å². The Hall–Kier alpha value is -1.59. The fraction of sp³-hybridized carbons (Fsp3) is 0. The van der Waals surface area contributed by atoms with Gasteiger partial charge in [0.1, 0.15) is 11.6 Å². The third-order valence-corrected chi connectivity index (χ3v) is 3.37. The third-order valence-electron chi connectivity index (χ3n) is 2.39. The van der Waals surface area contributed by atoms with Crippen LogP contribution in [0.4, 0.5) is 10.1 Å². The minimum Gasteiger partial charge on any atom is -0.506 e. The van der Waals surface area contributed by atoms with Crippen LogP contribution in [0.3, 0.4) is 0 Å². The van der Waals surface area contributed by atoms with E-state index in [1.54, 1.807) is 6.07 Å². The first-order valence-corrected chi connectivity index (χ1v) is 6.40. The lowest BCUT2D eigenvalue weighted by molar-refractivity contribution is 0.102. The monoisotopic (exact) mass is 343 g/mol. The molecule has 0 aliphatic rings. The highest BCUT2D eigenvalue weighted by molar-refractivity contribution is 9.10. The van der Waals surface area contributed by atoms with Crippen molar-refractivity contribution in [2.24, 2.45) is 0 Å². The number of hydrogen-bond acceptors (Lipinski definition) is 2. The normalized spacial score (nSPS) is 10.3. The van der Waals surface area contributed by atoms with E-state index >= 15 is 0 Å². The molecule has 0 spiro atoms. The predicted molar refractivity (Wildman–Crippen MR) is 75.2 cm³/mol. The number of carbonyl (C=O) groups is 1. The molecule has 0 fully saturated rings. The first-order chi connectivity index (χ1) is 8.99. The summed E-state index contributed by atoms with van der Waals surface area (Å²) in [4.78, 5) is 12.0. The summed E-state index contributed by atoms with van der Waals surface area (Å²) < 4.78 is 13.9. The molecule has 2 rings (SSSR count). The average Bonchev–Trinajstić information content (AvgIpc) is 2.33. The van der Waals surface area contributed by atoms with E-state index < -0.39 is 11.7 Å². The highest BCUT2D eigenvalue weighted by Crippen LogP contribution is 2.27. The van der Waals surface area contributed by atoms with Crippen LogP contribution in [0.15, 0.2) is 40.9 Å². The Morgan fingerprint density at radius 2 is 2.05 bits per heavy atom. The Morgan fingerprint density at radius 3 is 2.68 bits per heavy atom. The molecule has 0 aliphatic carbocycles. The molecule has 0 radical (unpaired) electrons. The van der Waals surface area contributed by atoms with Gasteiger partial charge in [-0.3, -0.25) is 4.79 Å². The molecular weight excluding hydrogens is 337 g/mol. The zero-order chi connectivity index (χ0) is 14.0. The molecule has 98 valence electrons. The van der Waals surface area contributed by atoms with Gasteiger partial charge < -0.3 is 10.4 Å². The molecule has 19 heavy (non-hydrogen) atoms. The zero-order valence-electron chi connectivity index (χ0n) is 9.45. The van der Waals surface area contributed by atoms with Crippen LogP contribution < -0.4 is 5.32 Å². The standard InChI is InChI=1S/C13H8BrClFNO2/c14-8-2-1-3-10(16)12(8)13(19)17-7-4-5-9(15)11(18)6-7/h1-6,18H,(H,17,19). The third kappa shape index (κ3) is 3.05. The van der Waals surface area contributed by atoms with E-state index in [1.165, 1.54) is 30.3 Å². The van der Waals surface area contributed by atoms with Crippen LogP contribution in [-0.4, -0.2) is 11.0 Å². The van der Waals surface area contributed by atoms with E-state index in [0.29, 0.717) is 10.2 Å². The Labute approximate surface area is 122 Å². The van der Waals surface area contributed by atoms with Crippen molar-refractivity contribution < 1.29 is 14.3 Å². The van der Waals surface area contributed by atoms with E-state index in [2.05, 4.69) is 21.2 Å². The van der Waals surface area contributed by atoms with Crippen LogP contribution >= 0.6 is 27.5 Å². The van der Waals surface area contributed by atoms with Gasteiger partial charge in [0.25, 0.3) is 5.91 Å². The quantitative estimate of drug-likeness (QED) is 0.858. The second kappa shape index (κ2) is 5.59. The van der Waals surface area contributed by atoms with Crippen LogP contribution in [-0.2, 0) is 0 Å². The van der Waals surface area contributed by atoms with E-state index in [1.807, 2.05) is 0 Å². The maximum absolute atomic E-state index is 13.6. The summed E-state index contributed by atoms with van der Waals surface area (Å²) in [6.45, 7) is 0. The summed E-state index contributed by atoms with van der Waals surface area (Å²) >= 11 is 8.77. The SMILES string of the molecule is O=C(Nc1ccc(Cl)c(O)c1)c1c(F)cccc1Br. The molecule has 0 bridgehead atoms. The number of phenols is 1. The number of hydrogen-bond donors (Lipinski definition) is 2. The van der Waals surface area contributed by atoms with Gasteiger partial charge in [-0.15, -0.1) is 0 Å². The highest BCUT2D eigenvalue weighted by Gasteiger charge is 2.15. The number of aromatic hydroxyl groups is 1. The van der Waals surface area contributed by atoms with Gasteiger partial charge in [-0.1, -0.05) is 17.7 Å². The second-order valence-electron chi connectivity index (χ2n) is 3.72. The van der Waals surface area contributed by atoms with Gasteiger partial charge in [0, 0.05) is 16.2 Å². The van der Waals surface area contributed by atoms with Crippen molar-refractivity contribution in [1.82, 2.24) is 0 Å². The summed E-state index contributed by atoms with van der Waals surface area (Å²) in [7, 11) is 0. The van der Waals surface area contributed by atoms with Crippen LogP contribution in [0, 0.1) is 5.82 Å². The van der Waals surface area contributed by atoms with Gasteiger partial charge in [-0.05, 0) is 40.2 Å². The maximum Gasteiger partial charge on any atom is 0.259 e. The summed E-state index contributed by atoms with van der Waals surface area (Å²) in [6.07, 6.45) is 0. The summed E-state index contributed by atoms with van der Waals surface area (Å²) in [6, 6.07) is 8.48. The van der Waals surface area contributed by atoms with E-state index in [0.717, 1.165) is 0 Å². The molecule has 6 heteroatoms. The number of anilines is 1. The Kier molecular flexibility index (Phi) is 4.07. The molecule has 2 N–H and O–H groups in total. The molecule has 0 atom stereocenters. The smallest absolute Gasteiger partial charge is 0.259 e. The Morgan fingerprint density at radius 1 is 1.32 bits per heavy atom. The fourth-order valence-corrected chi connectivity index (χ4v) is 2.14. The number of rotatable bonds is 2. The van der Waals surface area contributed by atoms with E-state index in [-0.39, 0.29) is 16.3 Å². The summed E-state index contributed by atoms with van der Waals surface area (Å²) in [5.74, 6) is -1.41. The molecule has 0 aromatic heterocycles. The molecule has 0 heterocycles. The summed E-state index contributed by atoms with van der Waals surface area (Å²) in [5, 5.41) is 12.1.